The summed E-state index contributed by atoms with van der Waals surface area (Å²) < 4.78 is 5.47. The zero-order valence-corrected chi connectivity index (χ0v) is 16.3. The van der Waals surface area contributed by atoms with Crippen LogP contribution in [-0.2, 0) is 13.1 Å². The minimum absolute atomic E-state index is 0.0239. The smallest absolute Gasteiger partial charge is 0.270 e. The highest BCUT2D eigenvalue weighted by atomic mass is 16.3. The van der Waals surface area contributed by atoms with Gasteiger partial charge >= 0.3 is 0 Å². The third-order valence-electron chi connectivity index (χ3n) is 5.20. The van der Waals surface area contributed by atoms with Gasteiger partial charge < -0.3 is 14.3 Å². The number of furan rings is 1. The lowest BCUT2D eigenvalue weighted by Crippen LogP contribution is -2.29. The predicted molar refractivity (Wildman–Crippen MR) is 110 cm³/mol. The second kappa shape index (κ2) is 8.92. The standard InChI is InChI=1S/C23H25N3O3/c27-22(19-13-21(24-14-19)23(28)26-10-4-5-11-26)17-25(16-20-9-6-12-29-20)15-18-7-2-1-3-8-18/h1-3,6-9,12-14,24H,4-5,10-11,15-17H2. The van der Waals surface area contributed by atoms with Gasteiger partial charge in [0.05, 0.1) is 19.4 Å². The van der Waals surface area contributed by atoms with Crippen LogP contribution < -0.4 is 0 Å². The van der Waals surface area contributed by atoms with Crippen LogP contribution in [0.3, 0.4) is 0 Å². The highest BCUT2D eigenvalue weighted by Gasteiger charge is 2.22. The monoisotopic (exact) mass is 391 g/mol. The number of nitrogens with one attached hydrogen (secondary N) is 1. The molecule has 4 rings (SSSR count). The number of ketones is 1. The molecule has 0 saturated carbocycles. The zero-order valence-electron chi connectivity index (χ0n) is 16.3. The number of hydrogen-bond acceptors (Lipinski definition) is 4. The summed E-state index contributed by atoms with van der Waals surface area (Å²) in [6, 6.07) is 15.5. The molecule has 6 heteroatoms. The Morgan fingerprint density at radius 3 is 2.55 bits per heavy atom. The summed E-state index contributed by atoms with van der Waals surface area (Å²) >= 11 is 0. The number of carbonyl (C=O) groups excluding carboxylic acids is 2. The lowest BCUT2D eigenvalue weighted by atomic mass is 10.1. The van der Waals surface area contributed by atoms with Gasteiger partial charge in [-0.05, 0) is 36.6 Å². The van der Waals surface area contributed by atoms with E-state index in [-0.39, 0.29) is 18.2 Å². The third-order valence-corrected chi connectivity index (χ3v) is 5.20. The van der Waals surface area contributed by atoms with Crippen molar-refractivity contribution in [2.45, 2.75) is 25.9 Å². The van der Waals surface area contributed by atoms with Crippen molar-refractivity contribution in [1.29, 1.82) is 0 Å². The van der Waals surface area contributed by atoms with Crippen LogP contribution in [0.1, 0.15) is 45.0 Å². The number of carbonyl (C=O) groups is 2. The molecule has 1 fully saturated rings. The molecule has 3 heterocycles. The highest BCUT2D eigenvalue weighted by Crippen LogP contribution is 2.15. The Bertz CT molecular complexity index is 941. The molecule has 0 radical (unpaired) electrons. The fourth-order valence-electron chi connectivity index (χ4n) is 3.70. The molecule has 6 nitrogen and oxygen atoms in total. The number of hydrogen-bond donors (Lipinski definition) is 1. The van der Waals surface area contributed by atoms with Crippen LogP contribution in [0.15, 0.2) is 65.4 Å². The summed E-state index contributed by atoms with van der Waals surface area (Å²) in [6.07, 6.45) is 5.36. The van der Waals surface area contributed by atoms with Gasteiger partial charge in [-0.2, -0.15) is 0 Å². The van der Waals surface area contributed by atoms with Crippen molar-refractivity contribution in [3.8, 4) is 0 Å². The average molecular weight is 391 g/mol. The number of Topliss-reactive ketones (excluding diaryl/α,β-unsaturated/α-hetero) is 1. The number of aromatic nitrogens is 1. The number of aromatic amines is 1. The molecule has 1 aliphatic rings. The molecule has 3 aromatic rings. The Morgan fingerprint density at radius 1 is 1.03 bits per heavy atom. The van der Waals surface area contributed by atoms with Crippen LogP contribution in [0.4, 0.5) is 0 Å². The molecule has 1 aromatic carbocycles. The second-order valence-electron chi connectivity index (χ2n) is 7.43. The molecule has 0 aliphatic carbocycles. The van der Waals surface area contributed by atoms with Crippen LogP contribution in [0.5, 0.6) is 0 Å². The van der Waals surface area contributed by atoms with Gasteiger partial charge in [-0.15, -0.1) is 0 Å². The molecular weight excluding hydrogens is 366 g/mol. The van der Waals surface area contributed by atoms with E-state index in [0.717, 1.165) is 37.3 Å². The molecule has 29 heavy (non-hydrogen) atoms. The van der Waals surface area contributed by atoms with Crippen LogP contribution >= 0.6 is 0 Å². The van der Waals surface area contributed by atoms with Crippen LogP contribution in [-0.4, -0.2) is 46.1 Å². The summed E-state index contributed by atoms with van der Waals surface area (Å²) in [6.45, 7) is 2.99. The molecule has 2 aromatic heterocycles. The van der Waals surface area contributed by atoms with Crippen molar-refractivity contribution in [3.05, 3.63) is 83.6 Å². The number of likely N-dealkylation sites (tertiary alicyclic amines) is 1. The van der Waals surface area contributed by atoms with Gasteiger partial charge in [0.2, 0.25) is 0 Å². The van der Waals surface area contributed by atoms with E-state index in [0.29, 0.717) is 24.3 Å². The molecule has 0 spiro atoms. The summed E-state index contributed by atoms with van der Waals surface area (Å²) in [4.78, 5) is 32.3. The molecule has 1 N–H and O–H groups in total. The lowest BCUT2D eigenvalue weighted by molar-refractivity contribution is 0.0787. The fraction of sp³-hybridized carbons (Fsp3) is 0.304. The van der Waals surface area contributed by atoms with E-state index in [9.17, 15) is 9.59 Å². The van der Waals surface area contributed by atoms with Crippen molar-refractivity contribution >= 4 is 11.7 Å². The molecule has 0 unspecified atom stereocenters. The van der Waals surface area contributed by atoms with Gasteiger partial charge in [0.25, 0.3) is 5.91 Å². The van der Waals surface area contributed by atoms with Crippen LogP contribution in [0.2, 0.25) is 0 Å². The Hall–Kier alpha value is -3.12. The Kier molecular flexibility index (Phi) is 5.91. The largest absolute Gasteiger partial charge is 0.468 e. The topological polar surface area (TPSA) is 69.5 Å². The minimum Gasteiger partial charge on any atom is -0.468 e. The first-order valence-corrected chi connectivity index (χ1v) is 9.98. The maximum atomic E-state index is 12.9. The van der Waals surface area contributed by atoms with E-state index < -0.39 is 0 Å². The lowest BCUT2D eigenvalue weighted by Gasteiger charge is -2.20. The van der Waals surface area contributed by atoms with E-state index in [2.05, 4.69) is 4.98 Å². The van der Waals surface area contributed by atoms with Gasteiger partial charge in [-0.1, -0.05) is 30.3 Å². The Morgan fingerprint density at radius 2 is 1.83 bits per heavy atom. The van der Waals surface area contributed by atoms with Crippen molar-refractivity contribution in [2.24, 2.45) is 0 Å². The molecule has 1 saturated heterocycles. The molecule has 1 amide bonds. The van der Waals surface area contributed by atoms with Crippen molar-refractivity contribution in [1.82, 2.24) is 14.8 Å². The highest BCUT2D eigenvalue weighted by molar-refractivity contribution is 6.01. The summed E-state index contributed by atoms with van der Waals surface area (Å²) in [5, 5.41) is 0. The maximum Gasteiger partial charge on any atom is 0.270 e. The van der Waals surface area contributed by atoms with Crippen molar-refractivity contribution < 1.29 is 14.0 Å². The number of nitrogens with zero attached hydrogens (tertiary/aromatic N) is 2. The summed E-state index contributed by atoms with van der Waals surface area (Å²) in [5.41, 5.74) is 2.15. The zero-order chi connectivity index (χ0) is 20.1. The third kappa shape index (κ3) is 4.84. The van der Waals surface area contributed by atoms with E-state index in [1.807, 2.05) is 52.3 Å². The van der Waals surface area contributed by atoms with Crippen LogP contribution in [0.25, 0.3) is 0 Å². The number of rotatable bonds is 8. The first-order valence-electron chi connectivity index (χ1n) is 9.98. The quantitative estimate of drug-likeness (QED) is 0.594. The van der Waals surface area contributed by atoms with Crippen LogP contribution in [0, 0.1) is 0 Å². The maximum absolute atomic E-state index is 12.9. The SMILES string of the molecule is O=C(CN(Cc1ccccc1)Cc1ccco1)c1c[nH]c(C(=O)N2CCCC2)c1. The van der Waals surface area contributed by atoms with Gasteiger partial charge in [-0.3, -0.25) is 14.5 Å². The molecule has 150 valence electrons. The molecule has 0 bridgehead atoms. The molecule has 1 aliphatic heterocycles. The van der Waals surface area contributed by atoms with Gasteiger partial charge in [-0.25, -0.2) is 0 Å². The number of amides is 1. The molecule has 0 atom stereocenters. The predicted octanol–water partition coefficient (Wildman–Crippen LogP) is 3.73. The average Bonchev–Trinajstić information content (AvgIpc) is 3.50. The summed E-state index contributed by atoms with van der Waals surface area (Å²) in [7, 11) is 0. The second-order valence-corrected chi connectivity index (χ2v) is 7.43. The number of benzene rings is 1. The van der Waals surface area contributed by atoms with Gasteiger partial charge in [0, 0.05) is 31.4 Å². The van der Waals surface area contributed by atoms with E-state index in [4.69, 9.17) is 4.42 Å². The van der Waals surface area contributed by atoms with Crippen molar-refractivity contribution in [3.63, 3.8) is 0 Å². The first kappa shape index (κ1) is 19.2. The normalized spacial score (nSPS) is 13.9. The van der Waals surface area contributed by atoms with Gasteiger partial charge in [0.15, 0.2) is 5.78 Å². The van der Waals surface area contributed by atoms with Gasteiger partial charge in [0.1, 0.15) is 11.5 Å². The Balaban J connectivity index is 1.45. The Labute approximate surface area is 170 Å². The van der Waals surface area contributed by atoms with E-state index in [1.165, 1.54) is 0 Å². The van der Waals surface area contributed by atoms with E-state index in [1.54, 1.807) is 18.5 Å². The van der Waals surface area contributed by atoms with E-state index >= 15 is 0 Å². The summed E-state index contributed by atoms with van der Waals surface area (Å²) in [5.74, 6) is 0.759. The van der Waals surface area contributed by atoms with Crippen molar-refractivity contribution in [2.75, 3.05) is 19.6 Å². The first-order chi connectivity index (χ1) is 14.2. The fourth-order valence-corrected chi connectivity index (χ4v) is 3.70. The minimum atomic E-state index is -0.0294. The number of H-pyrrole nitrogens is 1. The molecular formula is C23H25N3O3.